The van der Waals surface area contributed by atoms with Crippen LogP contribution in [-0.4, -0.2) is 28.5 Å². The minimum atomic E-state index is -0.559. The molecule has 2 aromatic carbocycles. The van der Waals surface area contributed by atoms with Gasteiger partial charge in [-0.05, 0) is 55.0 Å². The topological polar surface area (TPSA) is 69.6 Å². The Kier molecular flexibility index (Phi) is 4.44. The van der Waals surface area contributed by atoms with E-state index in [9.17, 15) is 14.0 Å². The Morgan fingerprint density at radius 2 is 2.00 bits per heavy atom. The summed E-state index contributed by atoms with van der Waals surface area (Å²) >= 11 is 0. The zero-order valence-electron chi connectivity index (χ0n) is 14.9. The average Bonchev–Trinajstić information content (AvgIpc) is 2.98. The highest BCUT2D eigenvalue weighted by molar-refractivity contribution is 5.93. The van der Waals surface area contributed by atoms with Gasteiger partial charge >= 0.3 is 0 Å². The van der Waals surface area contributed by atoms with Crippen molar-refractivity contribution >= 4 is 11.8 Å². The lowest BCUT2D eigenvalue weighted by atomic mass is 9.70. The van der Waals surface area contributed by atoms with Crippen molar-refractivity contribution in [3.05, 3.63) is 70.5 Å². The third-order valence-electron chi connectivity index (χ3n) is 5.89. The van der Waals surface area contributed by atoms with Crippen LogP contribution in [0.1, 0.15) is 39.9 Å². The summed E-state index contributed by atoms with van der Waals surface area (Å²) in [6, 6.07) is 11.9. The second-order valence-corrected chi connectivity index (χ2v) is 7.45. The molecule has 1 spiro atoms. The van der Waals surface area contributed by atoms with Crippen molar-refractivity contribution in [2.45, 2.75) is 32.2 Å². The molecule has 2 N–H and O–H groups in total. The molecule has 0 aromatic heterocycles. The zero-order chi connectivity index (χ0) is 19.0. The van der Waals surface area contributed by atoms with E-state index in [1.54, 1.807) is 40.7 Å². The molecule has 1 atom stereocenters. The maximum atomic E-state index is 14.0. The highest BCUT2D eigenvalue weighted by Gasteiger charge is 2.48. The number of rotatable bonds is 3. The molecule has 6 heteroatoms. The van der Waals surface area contributed by atoms with Crippen molar-refractivity contribution in [3.8, 4) is 0 Å². The van der Waals surface area contributed by atoms with Crippen molar-refractivity contribution in [1.82, 2.24) is 10.4 Å². The number of aryl methyl sites for hydroxylation is 1. The maximum absolute atomic E-state index is 14.0. The first-order valence-corrected chi connectivity index (χ1v) is 9.11. The molecular weight excluding hydrogens is 347 g/mol. The molecule has 1 aliphatic carbocycles. The molecule has 4 rings (SSSR count). The van der Waals surface area contributed by atoms with E-state index < -0.39 is 11.3 Å². The van der Waals surface area contributed by atoms with Gasteiger partial charge in [0.15, 0.2) is 0 Å². The molecule has 2 aliphatic rings. The highest BCUT2D eigenvalue weighted by Crippen LogP contribution is 2.44. The Morgan fingerprint density at radius 3 is 2.78 bits per heavy atom. The summed E-state index contributed by atoms with van der Waals surface area (Å²) in [6.07, 6.45) is 2.84. The molecule has 0 saturated carbocycles. The van der Waals surface area contributed by atoms with E-state index in [0.717, 1.165) is 30.4 Å². The van der Waals surface area contributed by atoms with Crippen LogP contribution in [0.5, 0.6) is 0 Å². The van der Waals surface area contributed by atoms with Crippen molar-refractivity contribution in [3.63, 3.8) is 0 Å². The molecule has 0 radical (unpaired) electrons. The predicted octanol–water partition coefficient (Wildman–Crippen LogP) is 2.85. The number of hydrogen-bond donors (Lipinski definition) is 2. The highest BCUT2D eigenvalue weighted by atomic mass is 19.1. The van der Waals surface area contributed by atoms with Crippen LogP contribution in [0, 0.1) is 11.2 Å². The summed E-state index contributed by atoms with van der Waals surface area (Å²) < 4.78 is 14.0. The van der Waals surface area contributed by atoms with E-state index in [1.165, 1.54) is 6.07 Å². The third kappa shape index (κ3) is 3.10. The van der Waals surface area contributed by atoms with Crippen molar-refractivity contribution in [2.24, 2.45) is 5.41 Å². The van der Waals surface area contributed by atoms with Gasteiger partial charge in [0, 0.05) is 24.2 Å². The number of halogens is 1. The van der Waals surface area contributed by atoms with Gasteiger partial charge in [0.2, 0.25) is 5.91 Å². The standard InChI is InChI=1S/C21H21FN2O3/c22-18-4-2-1-3-16(18)13-24-10-9-21(20(24)26)8-7-14-5-6-15(19(25)23-27)11-17(14)12-21/h1-6,11,27H,7-10,12-13H2,(H,23,25)/t21-/m0/s1. The summed E-state index contributed by atoms with van der Waals surface area (Å²) in [5.74, 6) is -0.787. The van der Waals surface area contributed by atoms with Crippen LogP contribution in [0.4, 0.5) is 4.39 Å². The van der Waals surface area contributed by atoms with Crippen LogP contribution in [-0.2, 0) is 24.2 Å². The number of nitrogens with zero attached hydrogens (tertiary/aromatic N) is 1. The second-order valence-electron chi connectivity index (χ2n) is 7.45. The van der Waals surface area contributed by atoms with Crippen LogP contribution < -0.4 is 5.48 Å². The van der Waals surface area contributed by atoms with E-state index in [2.05, 4.69) is 0 Å². The normalized spacial score (nSPS) is 21.4. The maximum Gasteiger partial charge on any atom is 0.274 e. The van der Waals surface area contributed by atoms with E-state index in [-0.39, 0.29) is 18.3 Å². The molecule has 1 fully saturated rings. The average molecular weight is 368 g/mol. The van der Waals surface area contributed by atoms with Crippen molar-refractivity contribution in [1.29, 1.82) is 0 Å². The monoisotopic (exact) mass is 368 g/mol. The number of benzene rings is 2. The molecule has 140 valence electrons. The van der Waals surface area contributed by atoms with Crippen LogP contribution in [0.25, 0.3) is 0 Å². The van der Waals surface area contributed by atoms with Crippen LogP contribution in [0.3, 0.4) is 0 Å². The number of carbonyl (C=O) groups is 2. The molecule has 2 amide bonds. The Labute approximate surface area is 156 Å². The Balaban J connectivity index is 1.56. The summed E-state index contributed by atoms with van der Waals surface area (Å²) in [4.78, 5) is 26.6. The first kappa shape index (κ1) is 17.7. The minimum absolute atomic E-state index is 0.0633. The first-order valence-electron chi connectivity index (χ1n) is 9.11. The first-order chi connectivity index (χ1) is 13.0. The van der Waals surface area contributed by atoms with Gasteiger partial charge in [-0.2, -0.15) is 0 Å². The van der Waals surface area contributed by atoms with Crippen LogP contribution in [0.2, 0.25) is 0 Å². The lowest BCUT2D eigenvalue weighted by Crippen LogP contribution is -2.38. The van der Waals surface area contributed by atoms with Gasteiger partial charge in [-0.15, -0.1) is 0 Å². The van der Waals surface area contributed by atoms with Crippen molar-refractivity contribution < 1.29 is 19.2 Å². The largest absolute Gasteiger partial charge is 0.338 e. The molecular formula is C21H21FN2O3. The quantitative estimate of drug-likeness (QED) is 0.647. The van der Waals surface area contributed by atoms with E-state index >= 15 is 0 Å². The molecule has 2 aromatic rings. The molecule has 1 heterocycles. The van der Waals surface area contributed by atoms with Gasteiger partial charge in [-0.3, -0.25) is 14.8 Å². The number of likely N-dealkylation sites (tertiary alicyclic amines) is 1. The number of amides is 2. The van der Waals surface area contributed by atoms with Crippen LogP contribution in [0.15, 0.2) is 42.5 Å². The van der Waals surface area contributed by atoms with E-state index in [1.807, 2.05) is 6.07 Å². The summed E-state index contributed by atoms with van der Waals surface area (Å²) in [6.45, 7) is 0.895. The molecule has 1 saturated heterocycles. The predicted molar refractivity (Wildman–Crippen MR) is 96.6 cm³/mol. The molecule has 0 unspecified atom stereocenters. The fraction of sp³-hybridized carbons (Fsp3) is 0.333. The fourth-order valence-corrected chi connectivity index (χ4v) is 4.34. The Bertz CT molecular complexity index is 914. The van der Waals surface area contributed by atoms with Gasteiger partial charge in [0.1, 0.15) is 5.82 Å². The fourth-order valence-electron chi connectivity index (χ4n) is 4.34. The summed E-state index contributed by atoms with van der Waals surface area (Å²) in [7, 11) is 0. The second kappa shape index (κ2) is 6.78. The van der Waals surface area contributed by atoms with Gasteiger partial charge in [-0.1, -0.05) is 24.3 Å². The number of fused-ring (bicyclic) bond motifs is 1. The van der Waals surface area contributed by atoms with Gasteiger partial charge < -0.3 is 4.90 Å². The van der Waals surface area contributed by atoms with E-state index in [4.69, 9.17) is 5.21 Å². The van der Waals surface area contributed by atoms with Gasteiger partial charge in [-0.25, -0.2) is 9.87 Å². The molecule has 0 bridgehead atoms. The number of nitrogens with one attached hydrogen (secondary N) is 1. The SMILES string of the molecule is O=C(NO)c1ccc2c(c1)C[C@]1(CC2)CCN(Cc2ccccc2F)C1=O. The van der Waals surface area contributed by atoms with Crippen LogP contribution >= 0.6 is 0 Å². The smallest absolute Gasteiger partial charge is 0.274 e. The van der Waals surface area contributed by atoms with Gasteiger partial charge in [0.25, 0.3) is 5.91 Å². The summed E-state index contributed by atoms with van der Waals surface area (Å²) in [5, 5.41) is 8.85. The minimum Gasteiger partial charge on any atom is -0.338 e. The molecule has 1 aliphatic heterocycles. The molecule has 27 heavy (non-hydrogen) atoms. The van der Waals surface area contributed by atoms with E-state index in [0.29, 0.717) is 24.1 Å². The lowest BCUT2D eigenvalue weighted by Gasteiger charge is -2.33. The lowest BCUT2D eigenvalue weighted by molar-refractivity contribution is -0.137. The number of carbonyl (C=O) groups excluding carboxylic acids is 2. The van der Waals surface area contributed by atoms with Crippen molar-refractivity contribution in [2.75, 3.05) is 6.54 Å². The molecule has 5 nitrogen and oxygen atoms in total. The number of hydrogen-bond acceptors (Lipinski definition) is 3. The Morgan fingerprint density at radius 1 is 1.19 bits per heavy atom. The summed E-state index contributed by atoms with van der Waals surface area (Å²) in [5.41, 5.74) is 4.18. The number of hydroxylamine groups is 1. The zero-order valence-corrected chi connectivity index (χ0v) is 14.9. The Hall–Kier alpha value is -2.73. The third-order valence-corrected chi connectivity index (χ3v) is 5.89. The van der Waals surface area contributed by atoms with Gasteiger partial charge in [0.05, 0.1) is 5.41 Å².